The molecule has 1 aliphatic rings. The highest BCUT2D eigenvalue weighted by molar-refractivity contribution is 7.89. The standard InChI is InChI=1S/C22H27N5O5S/c1-15-4-5-18(14-20(15)33(29,30)23-8-9-26-10-12-31-13-11-26)19-6-7-21(28)27(24-19)22-16(2)25-32-17(22)3/h4-7,14,23H,8-13H2,1-3H3. The maximum Gasteiger partial charge on any atom is 0.271 e. The van der Waals surface area contributed by atoms with Gasteiger partial charge >= 0.3 is 0 Å². The molecular formula is C22H27N5O5S. The number of sulfonamides is 1. The van der Waals surface area contributed by atoms with E-state index in [1.54, 1.807) is 45.0 Å². The molecule has 1 saturated heterocycles. The summed E-state index contributed by atoms with van der Waals surface area (Å²) >= 11 is 0. The highest BCUT2D eigenvalue weighted by atomic mass is 32.2. The highest BCUT2D eigenvalue weighted by Crippen LogP contribution is 2.24. The van der Waals surface area contributed by atoms with Gasteiger partial charge in [0.05, 0.1) is 23.8 Å². The summed E-state index contributed by atoms with van der Waals surface area (Å²) in [5.41, 5.74) is 2.34. The minimum Gasteiger partial charge on any atom is -0.379 e. The summed E-state index contributed by atoms with van der Waals surface area (Å²) in [7, 11) is -3.73. The van der Waals surface area contributed by atoms with Crippen LogP contribution in [0.5, 0.6) is 0 Å². The molecule has 11 heteroatoms. The summed E-state index contributed by atoms with van der Waals surface area (Å²) in [4.78, 5) is 14.8. The number of nitrogens with zero attached hydrogens (tertiary/aromatic N) is 4. The minimum atomic E-state index is -3.73. The fourth-order valence-corrected chi connectivity index (χ4v) is 5.09. The summed E-state index contributed by atoms with van der Waals surface area (Å²) in [6, 6.07) is 8.06. The normalized spacial score (nSPS) is 15.1. The molecule has 3 heterocycles. The van der Waals surface area contributed by atoms with Gasteiger partial charge < -0.3 is 9.26 Å². The summed E-state index contributed by atoms with van der Waals surface area (Å²) < 4.78 is 40.5. The van der Waals surface area contributed by atoms with Crippen LogP contribution in [0.25, 0.3) is 16.9 Å². The Kier molecular flexibility index (Phi) is 6.75. The van der Waals surface area contributed by atoms with Crippen molar-refractivity contribution in [1.29, 1.82) is 0 Å². The molecular weight excluding hydrogens is 446 g/mol. The number of hydrogen-bond donors (Lipinski definition) is 1. The number of morpholine rings is 1. The van der Waals surface area contributed by atoms with E-state index in [1.807, 2.05) is 0 Å². The van der Waals surface area contributed by atoms with E-state index in [2.05, 4.69) is 19.9 Å². The Labute approximate surface area is 192 Å². The molecule has 0 bridgehead atoms. The lowest BCUT2D eigenvalue weighted by Gasteiger charge is -2.26. The third-order valence-electron chi connectivity index (χ3n) is 5.61. The van der Waals surface area contributed by atoms with E-state index in [9.17, 15) is 13.2 Å². The number of aromatic nitrogens is 3. The maximum atomic E-state index is 13.0. The van der Waals surface area contributed by atoms with Gasteiger partial charge in [-0.05, 0) is 38.5 Å². The van der Waals surface area contributed by atoms with E-state index in [4.69, 9.17) is 9.26 Å². The lowest BCUT2D eigenvalue weighted by atomic mass is 10.1. The quantitative estimate of drug-likeness (QED) is 0.547. The van der Waals surface area contributed by atoms with Crippen LogP contribution in [-0.2, 0) is 14.8 Å². The van der Waals surface area contributed by atoms with E-state index >= 15 is 0 Å². The van der Waals surface area contributed by atoms with Crippen molar-refractivity contribution in [3.05, 3.63) is 57.7 Å². The fourth-order valence-electron chi connectivity index (χ4n) is 3.80. The van der Waals surface area contributed by atoms with Crippen LogP contribution in [-0.4, -0.2) is 67.6 Å². The topological polar surface area (TPSA) is 120 Å². The number of nitrogens with one attached hydrogen (secondary N) is 1. The Morgan fingerprint density at radius 2 is 1.85 bits per heavy atom. The zero-order valence-electron chi connectivity index (χ0n) is 18.9. The SMILES string of the molecule is Cc1ccc(-c2ccc(=O)n(-c3c(C)noc3C)n2)cc1S(=O)(=O)NCCN1CCOCC1. The van der Waals surface area contributed by atoms with Crippen molar-refractivity contribution in [2.75, 3.05) is 39.4 Å². The predicted molar refractivity (Wildman–Crippen MR) is 122 cm³/mol. The van der Waals surface area contributed by atoms with E-state index in [0.29, 0.717) is 60.3 Å². The van der Waals surface area contributed by atoms with Gasteiger partial charge in [-0.2, -0.15) is 9.78 Å². The first-order valence-corrected chi connectivity index (χ1v) is 12.2. The molecule has 1 fully saturated rings. The summed E-state index contributed by atoms with van der Waals surface area (Å²) in [5, 5.41) is 8.34. The van der Waals surface area contributed by atoms with E-state index in [0.717, 1.165) is 13.1 Å². The number of benzene rings is 1. The monoisotopic (exact) mass is 473 g/mol. The zero-order valence-corrected chi connectivity index (χ0v) is 19.7. The van der Waals surface area contributed by atoms with Crippen LogP contribution in [0.2, 0.25) is 0 Å². The van der Waals surface area contributed by atoms with Crippen LogP contribution in [0.1, 0.15) is 17.0 Å². The average molecular weight is 474 g/mol. The van der Waals surface area contributed by atoms with Gasteiger partial charge in [-0.25, -0.2) is 13.1 Å². The molecule has 176 valence electrons. The Bertz CT molecular complexity index is 1290. The Hall–Kier alpha value is -2.86. The molecule has 10 nitrogen and oxygen atoms in total. The molecule has 4 rings (SSSR count). The highest BCUT2D eigenvalue weighted by Gasteiger charge is 2.20. The molecule has 0 unspecified atom stereocenters. The Morgan fingerprint density at radius 1 is 1.09 bits per heavy atom. The molecule has 0 amide bonds. The summed E-state index contributed by atoms with van der Waals surface area (Å²) in [6.45, 7) is 9.02. The van der Waals surface area contributed by atoms with Crippen LogP contribution in [0, 0.1) is 20.8 Å². The molecule has 3 aromatic rings. The molecule has 0 atom stereocenters. The first kappa shape index (κ1) is 23.3. The van der Waals surface area contributed by atoms with Gasteiger partial charge in [-0.3, -0.25) is 9.69 Å². The zero-order chi connectivity index (χ0) is 23.6. The third-order valence-corrected chi connectivity index (χ3v) is 7.21. The van der Waals surface area contributed by atoms with E-state index < -0.39 is 10.0 Å². The summed E-state index contributed by atoms with van der Waals surface area (Å²) in [5.74, 6) is 0.468. The second kappa shape index (κ2) is 9.56. The molecule has 33 heavy (non-hydrogen) atoms. The molecule has 1 aliphatic heterocycles. The Balaban J connectivity index is 1.61. The van der Waals surface area contributed by atoms with Crippen LogP contribution < -0.4 is 10.3 Å². The van der Waals surface area contributed by atoms with Gasteiger partial charge in [-0.15, -0.1) is 0 Å². The second-order valence-electron chi connectivity index (χ2n) is 7.97. The van der Waals surface area contributed by atoms with Crippen LogP contribution >= 0.6 is 0 Å². The van der Waals surface area contributed by atoms with Gasteiger partial charge in [0.2, 0.25) is 10.0 Å². The smallest absolute Gasteiger partial charge is 0.271 e. The average Bonchev–Trinajstić information content (AvgIpc) is 3.13. The van der Waals surface area contributed by atoms with Gasteiger partial charge in [0.1, 0.15) is 11.4 Å². The number of aryl methyl sites for hydroxylation is 3. The molecule has 1 N–H and O–H groups in total. The number of hydrogen-bond acceptors (Lipinski definition) is 8. The third kappa shape index (κ3) is 5.06. The van der Waals surface area contributed by atoms with Crippen LogP contribution in [0.15, 0.2) is 44.5 Å². The van der Waals surface area contributed by atoms with Crippen molar-refractivity contribution in [3.8, 4) is 16.9 Å². The Morgan fingerprint density at radius 3 is 2.55 bits per heavy atom. The van der Waals surface area contributed by atoms with Crippen molar-refractivity contribution < 1.29 is 17.7 Å². The molecule has 0 saturated carbocycles. The van der Waals surface area contributed by atoms with Crippen molar-refractivity contribution in [1.82, 2.24) is 24.6 Å². The van der Waals surface area contributed by atoms with Gasteiger partial charge in [0.15, 0.2) is 5.76 Å². The number of ether oxygens (including phenoxy) is 1. The van der Waals surface area contributed by atoms with Gasteiger partial charge in [-0.1, -0.05) is 17.3 Å². The lowest BCUT2D eigenvalue weighted by molar-refractivity contribution is 0.0390. The van der Waals surface area contributed by atoms with E-state index in [1.165, 1.54) is 10.7 Å². The van der Waals surface area contributed by atoms with Crippen molar-refractivity contribution in [2.24, 2.45) is 0 Å². The molecule has 0 radical (unpaired) electrons. The maximum absolute atomic E-state index is 13.0. The van der Waals surface area contributed by atoms with Gasteiger partial charge in [0.25, 0.3) is 5.56 Å². The fraction of sp³-hybridized carbons (Fsp3) is 0.409. The molecule has 1 aromatic carbocycles. The largest absolute Gasteiger partial charge is 0.379 e. The van der Waals surface area contributed by atoms with Crippen LogP contribution in [0.3, 0.4) is 0 Å². The lowest BCUT2D eigenvalue weighted by Crippen LogP contribution is -2.41. The number of rotatable bonds is 7. The summed E-state index contributed by atoms with van der Waals surface area (Å²) in [6.07, 6.45) is 0. The van der Waals surface area contributed by atoms with Crippen molar-refractivity contribution >= 4 is 10.0 Å². The van der Waals surface area contributed by atoms with Crippen LogP contribution in [0.4, 0.5) is 0 Å². The predicted octanol–water partition coefficient (Wildman–Crippen LogP) is 1.42. The molecule has 0 spiro atoms. The second-order valence-corrected chi connectivity index (χ2v) is 9.71. The first-order valence-electron chi connectivity index (χ1n) is 10.7. The van der Waals surface area contributed by atoms with Crippen molar-refractivity contribution in [3.63, 3.8) is 0 Å². The van der Waals surface area contributed by atoms with Crippen molar-refractivity contribution in [2.45, 2.75) is 25.7 Å². The molecule has 0 aliphatic carbocycles. The first-order chi connectivity index (χ1) is 15.8. The molecule has 2 aromatic heterocycles. The van der Waals surface area contributed by atoms with E-state index in [-0.39, 0.29) is 10.5 Å². The minimum absolute atomic E-state index is 0.180. The van der Waals surface area contributed by atoms with Gasteiger partial charge in [0, 0.05) is 37.8 Å².